The molecule has 1 heterocycles. The molecule has 1 aliphatic rings. The van der Waals surface area contributed by atoms with E-state index in [2.05, 4.69) is 37.6 Å². The maximum absolute atomic E-state index is 11.4. The summed E-state index contributed by atoms with van der Waals surface area (Å²) in [4.78, 5) is 0. The van der Waals surface area contributed by atoms with Crippen LogP contribution in [0.25, 0.3) is 0 Å². The van der Waals surface area contributed by atoms with Gasteiger partial charge in [0, 0.05) is 6.54 Å². The molecule has 17 heavy (non-hydrogen) atoms. The first-order valence-electron chi connectivity index (χ1n) is 5.94. The fraction of sp³-hybridized carbons (Fsp3) is 0.538. The third-order valence-electron chi connectivity index (χ3n) is 3.70. The van der Waals surface area contributed by atoms with Gasteiger partial charge in [0.05, 0.1) is 5.75 Å². The molecule has 0 amide bonds. The molecule has 0 aliphatic carbocycles. The Morgan fingerprint density at radius 1 is 1.29 bits per heavy atom. The molecule has 94 valence electrons. The van der Waals surface area contributed by atoms with Crippen molar-refractivity contribution in [2.75, 3.05) is 0 Å². The first-order chi connectivity index (χ1) is 7.84. The summed E-state index contributed by atoms with van der Waals surface area (Å²) in [6.07, 6.45) is 1.07. The Bertz CT molecular complexity index is 532. The number of fused-ring (bicyclic) bond motifs is 1. The Morgan fingerprint density at radius 2 is 2.00 bits per heavy atom. The van der Waals surface area contributed by atoms with Crippen LogP contribution in [-0.4, -0.2) is 8.42 Å². The third kappa shape index (κ3) is 2.53. The Balaban J connectivity index is 2.40. The van der Waals surface area contributed by atoms with Crippen molar-refractivity contribution in [1.29, 1.82) is 0 Å². The van der Waals surface area contributed by atoms with Crippen molar-refractivity contribution in [3.05, 3.63) is 34.9 Å². The molecule has 1 aromatic carbocycles. The molecule has 0 spiro atoms. The SMILES string of the molecule is CCC(C)(C)c1ccc2c(c1)CNS(=O)(=O)C2. The van der Waals surface area contributed by atoms with Crippen LogP contribution in [0.4, 0.5) is 0 Å². The summed E-state index contributed by atoms with van der Waals surface area (Å²) < 4.78 is 25.5. The number of rotatable bonds is 2. The van der Waals surface area contributed by atoms with Crippen molar-refractivity contribution < 1.29 is 8.42 Å². The normalized spacial score (nSPS) is 18.8. The highest BCUT2D eigenvalue weighted by Crippen LogP contribution is 2.29. The van der Waals surface area contributed by atoms with E-state index in [0.717, 1.165) is 17.5 Å². The zero-order valence-electron chi connectivity index (χ0n) is 10.6. The number of sulfonamides is 1. The second kappa shape index (κ2) is 4.10. The van der Waals surface area contributed by atoms with Crippen LogP contribution in [0.1, 0.15) is 43.9 Å². The van der Waals surface area contributed by atoms with E-state index >= 15 is 0 Å². The van der Waals surface area contributed by atoms with Crippen LogP contribution in [0.5, 0.6) is 0 Å². The lowest BCUT2D eigenvalue weighted by molar-refractivity contribution is 0.505. The lowest BCUT2D eigenvalue weighted by atomic mass is 9.81. The number of hydrogen-bond acceptors (Lipinski definition) is 2. The Hall–Kier alpha value is -0.870. The molecule has 0 saturated carbocycles. The van der Waals surface area contributed by atoms with Crippen molar-refractivity contribution in [3.8, 4) is 0 Å². The van der Waals surface area contributed by atoms with Crippen molar-refractivity contribution in [1.82, 2.24) is 4.72 Å². The standard InChI is InChI=1S/C13H19NO2S/c1-4-13(2,3)12-6-5-10-9-17(15,16)14-8-11(10)7-12/h5-7,14H,4,8-9H2,1-3H3. The van der Waals surface area contributed by atoms with E-state index in [1.54, 1.807) is 0 Å². The molecular weight excluding hydrogens is 234 g/mol. The van der Waals surface area contributed by atoms with Crippen LogP contribution >= 0.6 is 0 Å². The van der Waals surface area contributed by atoms with Gasteiger partial charge in [0.1, 0.15) is 0 Å². The zero-order valence-corrected chi connectivity index (χ0v) is 11.4. The van der Waals surface area contributed by atoms with Crippen molar-refractivity contribution in [2.45, 2.75) is 44.9 Å². The maximum Gasteiger partial charge on any atom is 0.216 e. The minimum absolute atomic E-state index is 0.106. The van der Waals surface area contributed by atoms with Crippen LogP contribution in [-0.2, 0) is 27.7 Å². The fourth-order valence-electron chi connectivity index (χ4n) is 2.00. The van der Waals surface area contributed by atoms with Crippen molar-refractivity contribution in [2.24, 2.45) is 0 Å². The monoisotopic (exact) mass is 253 g/mol. The molecule has 0 bridgehead atoms. The van der Waals surface area contributed by atoms with Gasteiger partial charge in [0.15, 0.2) is 0 Å². The van der Waals surface area contributed by atoms with Gasteiger partial charge in [0.25, 0.3) is 0 Å². The predicted octanol–water partition coefficient (Wildman–Crippen LogP) is 2.31. The van der Waals surface area contributed by atoms with Crippen LogP contribution in [0.15, 0.2) is 18.2 Å². The third-order valence-corrected chi connectivity index (χ3v) is 4.97. The minimum Gasteiger partial charge on any atom is -0.212 e. The highest BCUT2D eigenvalue weighted by Gasteiger charge is 2.23. The summed E-state index contributed by atoms with van der Waals surface area (Å²) in [7, 11) is -3.10. The molecule has 1 aromatic rings. The van der Waals surface area contributed by atoms with Gasteiger partial charge < -0.3 is 0 Å². The highest BCUT2D eigenvalue weighted by atomic mass is 32.2. The number of benzene rings is 1. The summed E-state index contributed by atoms with van der Waals surface area (Å²) in [5.74, 6) is 0.106. The van der Waals surface area contributed by atoms with Gasteiger partial charge >= 0.3 is 0 Å². The molecular formula is C13H19NO2S. The molecule has 0 saturated heterocycles. The molecule has 0 atom stereocenters. The van der Waals surface area contributed by atoms with E-state index in [-0.39, 0.29) is 11.2 Å². The molecule has 0 radical (unpaired) electrons. The molecule has 0 unspecified atom stereocenters. The molecule has 3 nitrogen and oxygen atoms in total. The van der Waals surface area contributed by atoms with E-state index in [9.17, 15) is 8.42 Å². The first-order valence-corrected chi connectivity index (χ1v) is 7.59. The van der Waals surface area contributed by atoms with Crippen LogP contribution < -0.4 is 4.72 Å². The summed E-state index contributed by atoms with van der Waals surface area (Å²) in [6, 6.07) is 6.16. The molecule has 1 N–H and O–H groups in total. The summed E-state index contributed by atoms with van der Waals surface area (Å²) >= 11 is 0. The van der Waals surface area contributed by atoms with E-state index in [4.69, 9.17) is 0 Å². The van der Waals surface area contributed by atoms with Crippen molar-refractivity contribution in [3.63, 3.8) is 0 Å². The summed E-state index contributed by atoms with van der Waals surface area (Å²) in [5, 5.41) is 0. The van der Waals surface area contributed by atoms with Gasteiger partial charge in [-0.1, -0.05) is 39.0 Å². The van der Waals surface area contributed by atoms with Gasteiger partial charge in [-0.05, 0) is 28.5 Å². The van der Waals surface area contributed by atoms with E-state index in [0.29, 0.717) is 6.54 Å². The Kier molecular flexibility index (Phi) is 3.04. The second-order valence-electron chi connectivity index (χ2n) is 5.30. The van der Waals surface area contributed by atoms with Crippen LogP contribution in [0, 0.1) is 0 Å². The number of hydrogen-bond donors (Lipinski definition) is 1. The first kappa shape index (κ1) is 12.6. The molecule has 4 heteroatoms. The summed E-state index contributed by atoms with van der Waals surface area (Å²) in [6.45, 7) is 7.01. The zero-order chi connectivity index (χ0) is 12.7. The van der Waals surface area contributed by atoms with Crippen molar-refractivity contribution >= 4 is 10.0 Å². The average molecular weight is 253 g/mol. The largest absolute Gasteiger partial charge is 0.216 e. The van der Waals surface area contributed by atoms with E-state index in [1.165, 1.54) is 5.56 Å². The average Bonchev–Trinajstić information content (AvgIpc) is 2.27. The molecule has 1 aliphatic heterocycles. The molecule has 0 aromatic heterocycles. The van der Waals surface area contributed by atoms with Gasteiger partial charge in [-0.2, -0.15) is 0 Å². The van der Waals surface area contributed by atoms with Crippen LogP contribution in [0.3, 0.4) is 0 Å². The Labute approximate surface area is 103 Å². The van der Waals surface area contributed by atoms with E-state index in [1.807, 2.05) is 6.07 Å². The second-order valence-corrected chi connectivity index (χ2v) is 7.11. The predicted molar refractivity (Wildman–Crippen MR) is 69.2 cm³/mol. The van der Waals surface area contributed by atoms with Gasteiger partial charge in [-0.15, -0.1) is 0 Å². The number of nitrogens with one attached hydrogen (secondary N) is 1. The van der Waals surface area contributed by atoms with Gasteiger partial charge in [-0.25, -0.2) is 13.1 Å². The van der Waals surface area contributed by atoms with Gasteiger partial charge in [0.2, 0.25) is 10.0 Å². The lowest BCUT2D eigenvalue weighted by Gasteiger charge is -2.26. The van der Waals surface area contributed by atoms with Crippen LogP contribution in [0.2, 0.25) is 0 Å². The Morgan fingerprint density at radius 3 is 2.65 bits per heavy atom. The smallest absolute Gasteiger partial charge is 0.212 e. The topological polar surface area (TPSA) is 46.2 Å². The minimum atomic E-state index is -3.10. The maximum atomic E-state index is 11.4. The lowest BCUT2D eigenvalue weighted by Crippen LogP contribution is -2.30. The molecule has 2 rings (SSSR count). The van der Waals surface area contributed by atoms with E-state index < -0.39 is 10.0 Å². The van der Waals surface area contributed by atoms with Gasteiger partial charge in [-0.3, -0.25) is 0 Å². The quantitative estimate of drug-likeness (QED) is 0.879. The summed E-state index contributed by atoms with van der Waals surface area (Å²) in [5.41, 5.74) is 3.46. The fourth-order valence-corrected chi connectivity index (χ4v) is 3.17. The molecule has 0 fully saturated rings. The highest BCUT2D eigenvalue weighted by molar-refractivity contribution is 7.88.